The van der Waals surface area contributed by atoms with Gasteiger partial charge in [-0.1, -0.05) is 6.07 Å². The molecule has 1 heterocycles. The lowest BCUT2D eigenvalue weighted by molar-refractivity contribution is 0.679. The second kappa shape index (κ2) is 4.15. The van der Waals surface area contributed by atoms with E-state index in [-0.39, 0.29) is 0 Å². The quantitative estimate of drug-likeness (QED) is 0.671. The molecule has 1 saturated heterocycles. The Morgan fingerprint density at radius 2 is 2.00 bits per heavy atom. The number of nitrogens with zero attached hydrogens (tertiary/aromatic N) is 2. The molecular weight excluding hydrogens is 172 g/mol. The van der Waals surface area contributed by atoms with Gasteiger partial charge in [0.15, 0.2) is 0 Å². The van der Waals surface area contributed by atoms with Crippen LogP contribution in [0.1, 0.15) is 18.4 Å². The van der Waals surface area contributed by atoms with Gasteiger partial charge in [-0.2, -0.15) is 5.26 Å². The zero-order valence-electron chi connectivity index (χ0n) is 8.11. The minimum atomic E-state index is 0.747. The molecule has 0 unspecified atom stereocenters. The van der Waals surface area contributed by atoms with Crippen LogP contribution in [0.3, 0.4) is 0 Å². The van der Waals surface area contributed by atoms with Crippen molar-refractivity contribution >= 4 is 5.69 Å². The fourth-order valence-electron chi connectivity index (χ4n) is 1.78. The monoisotopic (exact) mass is 185 g/mol. The van der Waals surface area contributed by atoms with Crippen molar-refractivity contribution in [1.82, 2.24) is 0 Å². The van der Waals surface area contributed by atoms with E-state index < -0.39 is 0 Å². The summed E-state index contributed by atoms with van der Waals surface area (Å²) in [5.74, 6) is 0. The molecule has 0 aromatic heterocycles. The van der Waals surface area contributed by atoms with Crippen LogP contribution in [0.5, 0.6) is 0 Å². The lowest BCUT2D eigenvalue weighted by atomic mass is 10.1. The first kappa shape index (κ1) is 9.08. The SMILES string of the molecule is N#Cc1cccc(N2CC[CH]CC2)c1. The van der Waals surface area contributed by atoms with E-state index in [0.29, 0.717) is 0 Å². The van der Waals surface area contributed by atoms with Gasteiger partial charge in [0.1, 0.15) is 0 Å². The Morgan fingerprint density at radius 1 is 1.21 bits per heavy atom. The van der Waals surface area contributed by atoms with Gasteiger partial charge in [0.2, 0.25) is 0 Å². The van der Waals surface area contributed by atoms with E-state index in [4.69, 9.17) is 5.26 Å². The van der Waals surface area contributed by atoms with Crippen molar-refractivity contribution in [1.29, 1.82) is 5.26 Å². The lowest BCUT2D eigenvalue weighted by Crippen LogP contribution is -2.29. The van der Waals surface area contributed by atoms with Gasteiger partial charge in [-0.05, 0) is 37.5 Å². The molecule has 14 heavy (non-hydrogen) atoms. The Hall–Kier alpha value is -1.49. The number of anilines is 1. The molecule has 0 saturated carbocycles. The van der Waals surface area contributed by atoms with Crippen LogP contribution in [0.15, 0.2) is 24.3 Å². The van der Waals surface area contributed by atoms with E-state index >= 15 is 0 Å². The van der Waals surface area contributed by atoms with Gasteiger partial charge in [-0.3, -0.25) is 0 Å². The molecule has 71 valence electrons. The third-order valence-electron chi connectivity index (χ3n) is 2.55. The molecule has 1 aromatic carbocycles. The molecule has 0 aliphatic carbocycles. The Bertz CT molecular complexity index is 346. The summed E-state index contributed by atoms with van der Waals surface area (Å²) in [6.07, 6.45) is 4.62. The predicted octanol–water partition coefficient (Wildman–Crippen LogP) is 2.36. The van der Waals surface area contributed by atoms with Crippen LogP contribution < -0.4 is 4.90 Å². The maximum Gasteiger partial charge on any atom is 0.0992 e. The number of hydrogen-bond donors (Lipinski definition) is 0. The summed E-state index contributed by atoms with van der Waals surface area (Å²) < 4.78 is 0. The van der Waals surface area contributed by atoms with Crippen molar-refractivity contribution in [3.8, 4) is 6.07 Å². The molecule has 0 atom stereocenters. The van der Waals surface area contributed by atoms with E-state index in [1.54, 1.807) is 0 Å². The molecule has 0 spiro atoms. The summed E-state index contributed by atoms with van der Waals surface area (Å²) in [5, 5.41) is 8.79. The second-order valence-electron chi connectivity index (χ2n) is 3.52. The Balaban J connectivity index is 2.18. The molecule has 1 aromatic rings. The predicted molar refractivity (Wildman–Crippen MR) is 56.9 cm³/mol. The highest BCUT2D eigenvalue weighted by atomic mass is 15.1. The number of nitriles is 1. The molecule has 2 rings (SSSR count). The first-order chi connectivity index (χ1) is 6.90. The fourth-order valence-corrected chi connectivity index (χ4v) is 1.78. The van der Waals surface area contributed by atoms with Crippen LogP contribution in [0, 0.1) is 17.8 Å². The minimum Gasteiger partial charge on any atom is -0.371 e. The van der Waals surface area contributed by atoms with Crippen LogP contribution in [0.2, 0.25) is 0 Å². The first-order valence-electron chi connectivity index (χ1n) is 4.97. The Morgan fingerprint density at radius 3 is 2.71 bits per heavy atom. The van der Waals surface area contributed by atoms with Crippen LogP contribution >= 0.6 is 0 Å². The summed E-state index contributed by atoms with van der Waals surface area (Å²) >= 11 is 0. The van der Waals surface area contributed by atoms with Gasteiger partial charge in [0, 0.05) is 18.8 Å². The average molecular weight is 185 g/mol. The molecule has 1 aliphatic rings. The highest BCUT2D eigenvalue weighted by Gasteiger charge is 2.10. The lowest BCUT2D eigenvalue weighted by Gasteiger charge is -2.28. The zero-order chi connectivity index (χ0) is 9.80. The number of benzene rings is 1. The molecular formula is C12H13N2. The molecule has 1 radical (unpaired) electrons. The fraction of sp³-hybridized carbons (Fsp3) is 0.333. The van der Waals surface area contributed by atoms with Gasteiger partial charge in [0.05, 0.1) is 11.6 Å². The van der Waals surface area contributed by atoms with Crippen LogP contribution in [-0.4, -0.2) is 13.1 Å². The van der Waals surface area contributed by atoms with E-state index in [1.807, 2.05) is 18.2 Å². The first-order valence-corrected chi connectivity index (χ1v) is 4.97. The zero-order valence-corrected chi connectivity index (χ0v) is 8.11. The number of rotatable bonds is 1. The third-order valence-corrected chi connectivity index (χ3v) is 2.55. The second-order valence-corrected chi connectivity index (χ2v) is 3.52. The summed E-state index contributed by atoms with van der Waals surface area (Å²) in [7, 11) is 0. The van der Waals surface area contributed by atoms with E-state index in [0.717, 1.165) is 31.5 Å². The van der Waals surface area contributed by atoms with E-state index in [1.165, 1.54) is 5.69 Å². The van der Waals surface area contributed by atoms with Gasteiger partial charge >= 0.3 is 0 Å². The maximum absolute atomic E-state index is 8.79. The number of hydrogen-bond acceptors (Lipinski definition) is 2. The highest BCUT2D eigenvalue weighted by molar-refractivity contribution is 5.51. The van der Waals surface area contributed by atoms with E-state index in [2.05, 4.69) is 23.5 Å². The van der Waals surface area contributed by atoms with Crippen LogP contribution in [0.25, 0.3) is 0 Å². The summed E-state index contributed by atoms with van der Waals surface area (Å²) in [4.78, 5) is 2.33. The minimum absolute atomic E-state index is 0.747. The average Bonchev–Trinajstić information content (AvgIpc) is 2.30. The number of piperidine rings is 1. The molecule has 2 nitrogen and oxygen atoms in total. The molecule has 0 N–H and O–H groups in total. The normalized spacial score (nSPS) is 16.4. The van der Waals surface area contributed by atoms with Crippen molar-refractivity contribution < 1.29 is 0 Å². The molecule has 0 amide bonds. The van der Waals surface area contributed by atoms with Gasteiger partial charge in [-0.25, -0.2) is 0 Å². The van der Waals surface area contributed by atoms with Crippen molar-refractivity contribution in [3.63, 3.8) is 0 Å². The Labute approximate surface area is 84.8 Å². The Kier molecular flexibility index (Phi) is 2.69. The molecule has 1 aliphatic heterocycles. The van der Waals surface area contributed by atoms with Gasteiger partial charge < -0.3 is 4.90 Å². The van der Waals surface area contributed by atoms with Crippen molar-refractivity contribution in [2.24, 2.45) is 0 Å². The van der Waals surface area contributed by atoms with Crippen molar-refractivity contribution in [2.75, 3.05) is 18.0 Å². The van der Waals surface area contributed by atoms with Gasteiger partial charge in [-0.15, -0.1) is 0 Å². The topological polar surface area (TPSA) is 27.0 Å². The third kappa shape index (κ3) is 1.88. The summed E-state index contributed by atoms with van der Waals surface area (Å²) in [6, 6.07) is 10.0. The molecule has 2 heteroatoms. The van der Waals surface area contributed by atoms with Crippen LogP contribution in [0.4, 0.5) is 5.69 Å². The molecule has 0 bridgehead atoms. The standard InChI is InChI=1S/C12H13N2/c13-10-11-5-4-6-12(9-11)14-7-2-1-3-8-14/h1,4-6,9H,2-3,7-8H2. The largest absolute Gasteiger partial charge is 0.371 e. The highest BCUT2D eigenvalue weighted by Crippen LogP contribution is 2.19. The molecule has 1 fully saturated rings. The van der Waals surface area contributed by atoms with Crippen molar-refractivity contribution in [2.45, 2.75) is 12.8 Å². The summed E-state index contributed by atoms with van der Waals surface area (Å²) in [6.45, 7) is 2.16. The van der Waals surface area contributed by atoms with E-state index in [9.17, 15) is 0 Å². The summed E-state index contributed by atoms with van der Waals surface area (Å²) in [5.41, 5.74) is 1.93. The van der Waals surface area contributed by atoms with Crippen molar-refractivity contribution in [3.05, 3.63) is 36.2 Å². The maximum atomic E-state index is 8.79. The van der Waals surface area contributed by atoms with Gasteiger partial charge in [0.25, 0.3) is 0 Å². The smallest absolute Gasteiger partial charge is 0.0992 e. The van der Waals surface area contributed by atoms with Crippen LogP contribution in [-0.2, 0) is 0 Å².